The van der Waals surface area contributed by atoms with E-state index in [1.165, 1.54) is 0 Å². The van der Waals surface area contributed by atoms with E-state index in [4.69, 9.17) is 5.73 Å². The van der Waals surface area contributed by atoms with Crippen molar-refractivity contribution >= 4 is 10.9 Å². The first kappa shape index (κ1) is 8.90. The van der Waals surface area contributed by atoms with Crippen LogP contribution in [0.15, 0.2) is 29.1 Å². The van der Waals surface area contributed by atoms with E-state index in [0.29, 0.717) is 10.9 Å². The number of pyridine rings is 1. The van der Waals surface area contributed by atoms with Gasteiger partial charge in [-0.05, 0) is 6.07 Å². The molecule has 1 aromatic carbocycles. The summed E-state index contributed by atoms with van der Waals surface area (Å²) >= 11 is 0. The highest BCUT2D eigenvalue weighted by atomic mass is 19.1. The molecule has 0 saturated carbocycles. The molecule has 0 spiro atoms. The van der Waals surface area contributed by atoms with Crippen LogP contribution in [0.3, 0.4) is 0 Å². The fraction of sp³-hybridized carbons (Fsp3) is 0.100. The predicted molar refractivity (Wildman–Crippen MR) is 52.4 cm³/mol. The zero-order chi connectivity index (χ0) is 10.1. The molecule has 0 unspecified atom stereocenters. The minimum Gasteiger partial charge on any atom is -0.326 e. The summed E-state index contributed by atoms with van der Waals surface area (Å²) in [5, 5.41) is 0.659. The number of rotatable bonds is 1. The highest BCUT2D eigenvalue weighted by molar-refractivity contribution is 5.81. The molecule has 0 bridgehead atoms. The summed E-state index contributed by atoms with van der Waals surface area (Å²) in [5.41, 5.74) is 5.55. The number of nitrogens with one attached hydrogen (secondary N) is 1. The second kappa shape index (κ2) is 3.23. The molecule has 4 heteroatoms. The molecule has 72 valence electrons. The Kier molecular flexibility index (Phi) is 2.05. The largest absolute Gasteiger partial charge is 0.326 e. The van der Waals surface area contributed by atoms with Crippen molar-refractivity contribution in [3.63, 3.8) is 0 Å². The van der Waals surface area contributed by atoms with Gasteiger partial charge in [-0.25, -0.2) is 4.39 Å². The van der Waals surface area contributed by atoms with Crippen molar-refractivity contribution < 1.29 is 4.39 Å². The van der Waals surface area contributed by atoms with Gasteiger partial charge in [0, 0.05) is 23.0 Å². The summed E-state index contributed by atoms with van der Waals surface area (Å²) in [4.78, 5) is 13.6. The molecule has 1 aromatic heterocycles. The lowest BCUT2D eigenvalue weighted by atomic mass is 10.1. The maximum atomic E-state index is 13.3. The summed E-state index contributed by atoms with van der Waals surface area (Å²) in [6, 6.07) is 7.00. The van der Waals surface area contributed by atoms with Gasteiger partial charge in [-0.15, -0.1) is 0 Å². The second-order valence-corrected chi connectivity index (χ2v) is 3.00. The Morgan fingerprint density at radius 2 is 2.07 bits per heavy atom. The number of fused-ring (bicyclic) bond motifs is 1. The average molecular weight is 192 g/mol. The van der Waals surface area contributed by atoms with Crippen LogP contribution in [0.4, 0.5) is 4.39 Å². The SMILES string of the molecule is NCc1c(F)c(=O)[nH]c2ccccc12. The van der Waals surface area contributed by atoms with E-state index in [-0.39, 0.29) is 12.1 Å². The Morgan fingerprint density at radius 3 is 2.79 bits per heavy atom. The lowest BCUT2D eigenvalue weighted by Crippen LogP contribution is -2.16. The number of aromatic nitrogens is 1. The molecule has 0 fully saturated rings. The maximum Gasteiger partial charge on any atom is 0.284 e. The minimum atomic E-state index is -0.786. The van der Waals surface area contributed by atoms with E-state index < -0.39 is 11.4 Å². The Balaban J connectivity index is 2.96. The van der Waals surface area contributed by atoms with Gasteiger partial charge in [-0.3, -0.25) is 4.79 Å². The Hall–Kier alpha value is -1.68. The van der Waals surface area contributed by atoms with E-state index in [1.54, 1.807) is 24.3 Å². The van der Waals surface area contributed by atoms with Crippen LogP contribution >= 0.6 is 0 Å². The van der Waals surface area contributed by atoms with Crippen molar-refractivity contribution in [3.05, 3.63) is 46.0 Å². The van der Waals surface area contributed by atoms with Gasteiger partial charge in [-0.1, -0.05) is 18.2 Å². The quantitative estimate of drug-likeness (QED) is 0.711. The van der Waals surface area contributed by atoms with Crippen LogP contribution in [0.1, 0.15) is 5.56 Å². The van der Waals surface area contributed by atoms with Crippen LogP contribution in [-0.2, 0) is 6.54 Å². The van der Waals surface area contributed by atoms with Crippen molar-refractivity contribution in [3.8, 4) is 0 Å². The molecule has 14 heavy (non-hydrogen) atoms. The van der Waals surface area contributed by atoms with Crippen LogP contribution in [0, 0.1) is 5.82 Å². The van der Waals surface area contributed by atoms with E-state index in [1.807, 2.05) is 0 Å². The molecule has 3 N–H and O–H groups in total. The first-order chi connectivity index (χ1) is 6.74. The van der Waals surface area contributed by atoms with Gasteiger partial charge in [0.05, 0.1) is 0 Å². The van der Waals surface area contributed by atoms with Crippen LogP contribution in [0.2, 0.25) is 0 Å². The summed E-state index contributed by atoms with van der Waals surface area (Å²) < 4.78 is 13.3. The van der Waals surface area contributed by atoms with Gasteiger partial charge < -0.3 is 10.7 Å². The molecule has 0 atom stereocenters. The number of H-pyrrole nitrogens is 1. The van der Waals surface area contributed by atoms with Crippen molar-refractivity contribution in [1.82, 2.24) is 4.98 Å². The number of nitrogens with two attached hydrogens (primary N) is 1. The van der Waals surface area contributed by atoms with Gasteiger partial charge >= 0.3 is 0 Å². The van der Waals surface area contributed by atoms with Crippen molar-refractivity contribution in [2.24, 2.45) is 5.73 Å². The molecule has 2 rings (SSSR count). The number of benzene rings is 1. The number of aromatic amines is 1. The monoisotopic (exact) mass is 192 g/mol. The van der Waals surface area contributed by atoms with Gasteiger partial charge in [-0.2, -0.15) is 0 Å². The molecule has 3 nitrogen and oxygen atoms in total. The molecule has 2 aromatic rings. The highest BCUT2D eigenvalue weighted by Crippen LogP contribution is 2.16. The topological polar surface area (TPSA) is 58.9 Å². The molecular formula is C10H9FN2O. The van der Waals surface area contributed by atoms with Crippen LogP contribution in [0.5, 0.6) is 0 Å². The summed E-state index contributed by atoms with van der Waals surface area (Å²) in [6.07, 6.45) is 0. The normalized spacial score (nSPS) is 10.7. The van der Waals surface area contributed by atoms with Gasteiger partial charge in [0.1, 0.15) is 0 Å². The molecule has 0 amide bonds. The summed E-state index contributed by atoms with van der Waals surface area (Å²) in [6.45, 7) is 0.0241. The lowest BCUT2D eigenvalue weighted by molar-refractivity contribution is 0.596. The van der Waals surface area contributed by atoms with Crippen molar-refractivity contribution in [1.29, 1.82) is 0 Å². The van der Waals surface area contributed by atoms with Crippen LogP contribution in [0.25, 0.3) is 10.9 Å². The van der Waals surface area contributed by atoms with Gasteiger partial charge in [0.15, 0.2) is 5.82 Å². The smallest absolute Gasteiger partial charge is 0.284 e. The van der Waals surface area contributed by atoms with Crippen LogP contribution < -0.4 is 11.3 Å². The molecule has 0 aliphatic carbocycles. The van der Waals surface area contributed by atoms with E-state index in [0.717, 1.165) is 0 Å². The average Bonchev–Trinajstić information content (AvgIpc) is 2.20. The summed E-state index contributed by atoms with van der Waals surface area (Å²) in [5.74, 6) is -0.786. The number of hydrogen-bond donors (Lipinski definition) is 2. The molecule has 0 aliphatic rings. The van der Waals surface area contributed by atoms with E-state index in [2.05, 4.69) is 4.98 Å². The fourth-order valence-electron chi connectivity index (χ4n) is 1.49. The third-order valence-electron chi connectivity index (χ3n) is 2.17. The Morgan fingerprint density at radius 1 is 1.36 bits per heavy atom. The number of para-hydroxylation sites is 1. The third kappa shape index (κ3) is 1.20. The van der Waals surface area contributed by atoms with E-state index >= 15 is 0 Å². The molecule has 0 radical (unpaired) electrons. The van der Waals surface area contributed by atoms with Crippen molar-refractivity contribution in [2.45, 2.75) is 6.54 Å². The van der Waals surface area contributed by atoms with Crippen LogP contribution in [-0.4, -0.2) is 4.98 Å². The first-order valence-electron chi connectivity index (χ1n) is 4.23. The lowest BCUT2D eigenvalue weighted by Gasteiger charge is -2.04. The zero-order valence-electron chi connectivity index (χ0n) is 7.38. The first-order valence-corrected chi connectivity index (χ1v) is 4.23. The fourth-order valence-corrected chi connectivity index (χ4v) is 1.49. The molecule has 0 aliphatic heterocycles. The number of hydrogen-bond acceptors (Lipinski definition) is 2. The molecule has 1 heterocycles. The molecule has 0 saturated heterocycles. The summed E-state index contributed by atoms with van der Waals surface area (Å²) in [7, 11) is 0. The Bertz CT molecular complexity index is 533. The van der Waals surface area contributed by atoms with E-state index in [9.17, 15) is 9.18 Å². The maximum absolute atomic E-state index is 13.3. The predicted octanol–water partition coefficient (Wildman–Crippen LogP) is 1.13. The second-order valence-electron chi connectivity index (χ2n) is 3.00. The highest BCUT2D eigenvalue weighted by Gasteiger charge is 2.09. The zero-order valence-corrected chi connectivity index (χ0v) is 7.38. The molecular weight excluding hydrogens is 183 g/mol. The number of halogens is 1. The van der Waals surface area contributed by atoms with Crippen molar-refractivity contribution in [2.75, 3.05) is 0 Å². The standard InChI is InChI=1S/C10H9FN2O/c11-9-7(5-12)6-3-1-2-4-8(6)13-10(9)14/h1-4H,5,12H2,(H,13,14). The van der Waals surface area contributed by atoms with Gasteiger partial charge in [0.2, 0.25) is 0 Å². The van der Waals surface area contributed by atoms with Gasteiger partial charge in [0.25, 0.3) is 5.56 Å². The third-order valence-corrected chi connectivity index (χ3v) is 2.17. The minimum absolute atomic E-state index is 0.0241. The Labute approximate surface area is 79.4 Å².